The lowest BCUT2D eigenvalue weighted by Gasteiger charge is -2.20. The maximum Gasteiger partial charge on any atom is 0.176 e. The third kappa shape index (κ3) is 4.66. The molecule has 2 nitrogen and oxygen atoms in total. The zero-order valence-corrected chi connectivity index (χ0v) is 12.7. The summed E-state index contributed by atoms with van der Waals surface area (Å²) >= 11 is 1.71. The Morgan fingerprint density at radius 1 is 1.32 bits per heavy atom. The predicted octanol–water partition coefficient (Wildman–Crippen LogP) is 3.71. The number of rotatable bonds is 8. The standard InChI is InChI=1S/C16H23NOS/c1-3-10-17(11-13-4-5-13)12-16(18)14-6-8-15(19-2)9-7-14/h6-9,13H,3-5,10-12H2,1-2H3. The summed E-state index contributed by atoms with van der Waals surface area (Å²) in [6.45, 7) is 4.88. The summed E-state index contributed by atoms with van der Waals surface area (Å²) in [6.07, 6.45) is 5.86. The molecule has 1 fully saturated rings. The number of ketones is 1. The first-order chi connectivity index (χ1) is 9.22. The van der Waals surface area contributed by atoms with E-state index in [-0.39, 0.29) is 5.78 Å². The number of carbonyl (C=O) groups is 1. The molecular weight excluding hydrogens is 254 g/mol. The highest BCUT2D eigenvalue weighted by molar-refractivity contribution is 7.98. The van der Waals surface area contributed by atoms with Crippen LogP contribution in [0.15, 0.2) is 29.2 Å². The fraction of sp³-hybridized carbons (Fsp3) is 0.562. The van der Waals surface area contributed by atoms with E-state index in [1.54, 1.807) is 11.8 Å². The molecule has 1 aromatic rings. The van der Waals surface area contributed by atoms with Crippen molar-refractivity contribution < 1.29 is 4.79 Å². The molecule has 19 heavy (non-hydrogen) atoms. The van der Waals surface area contributed by atoms with Crippen LogP contribution in [-0.2, 0) is 0 Å². The van der Waals surface area contributed by atoms with Crippen molar-refractivity contribution in [3.8, 4) is 0 Å². The Labute approximate surface area is 120 Å². The van der Waals surface area contributed by atoms with E-state index in [1.807, 2.05) is 24.3 Å². The molecule has 2 rings (SSSR count). The molecule has 0 heterocycles. The van der Waals surface area contributed by atoms with Crippen LogP contribution in [0.1, 0.15) is 36.5 Å². The minimum atomic E-state index is 0.252. The lowest BCUT2D eigenvalue weighted by Crippen LogP contribution is -2.32. The molecule has 0 atom stereocenters. The van der Waals surface area contributed by atoms with E-state index in [1.165, 1.54) is 17.7 Å². The number of thioether (sulfide) groups is 1. The van der Waals surface area contributed by atoms with Gasteiger partial charge in [-0.3, -0.25) is 9.69 Å². The first-order valence-corrected chi connectivity index (χ1v) is 8.35. The van der Waals surface area contributed by atoms with Crippen molar-refractivity contribution >= 4 is 17.5 Å². The Morgan fingerprint density at radius 3 is 2.53 bits per heavy atom. The summed E-state index contributed by atoms with van der Waals surface area (Å²) in [7, 11) is 0. The van der Waals surface area contributed by atoms with Gasteiger partial charge >= 0.3 is 0 Å². The summed E-state index contributed by atoms with van der Waals surface area (Å²) in [6, 6.07) is 7.97. The van der Waals surface area contributed by atoms with Gasteiger partial charge in [0.25, 0.3) is 0 Å². The van der Waals surface area contributed by atoms with Gasteiger partial charge in [-0.2, -0.15) is 0 Å². The van der Waals surface area contributed by atoms with Crippen molar-refractivity contribution in [2.45, 2.75) is 31.1 Å². The molecule has 0 aliphatic heterocycles. The van der Waals surface area contributed by atoms with Crippen molar-refractivity contribution in [2.24, 2.45) is 5.92 Å². The second-order valence-electron chi connectivity index (χ2n) is 5.33. The van der Waals surface area contributed by atoms with E-state index in [9.17, 15) is 4.79 Å². The van der Waals surface area contributed by atoms with Gasteiger partial charge in [0.2, 0.25) is 0 Å². The van der Waals surface area contributed by atoms with Gasteiger partial charge in [-0.05, 0) is 50.1 Å². The average molecular weight is 277 g/mol. The second kappa shape index (κ2) is 7.11. The first-order valence-electron chi connectivity index (χ1n) is 7.12. The van der Waals surface area contributed by atoms with E-state index in [4.69, 9.17) is 0 Å². The van der Waals surface area contributed by atoms with E-state index in [2.05, 4.69) is 18.1 Å². The fourth-order valence-electron chi connectivity index (χ4n) is 2.29. The summed E-state index contributed by atoms with van der Waals surface area (Å²) in [5, 5.41) is 0. The van der Waals surface area contributed by atoms with Gasteiger partial charge in [-0.25, -0.2) is 0 Å². The van der Waals surface area contributed by atoms with E-state index < -0.39 is 0 Å². The monoisotopic (exact) mass is 277 g/mol. The molecular formula is C16H23NOS. The topological polar surface area (TPSA) is 20.3 Å². The zero-order valence-electron chi connectivity index (χ0n) is 11.9. The van der Waals surface area contributed by atoms with Crippen LogP contribution in [-0.4, -0.2) is 36.6 Å². The van der Waals surface area contributed by atoms with Gasteiger partial charge in [-0.15, -0.1) is 11.8 Å². The van der Waals surface area contributed by atoms with Crippen LogP contribution in [0, 0.1) is 5.92 Å². The molecule has 1 aromatic carbocycles. The quantitative estimate of drug-likeness (QED) is 0.533. The average Bonchev–Trinajstić information content (AvgIpc) is 3.23. The molecule has 3 heteroatoms. The van der Waals surface area contributed by atoms with Crippen LogP contribution in [0.5, 0.6) is 0 Å². The van der Waals surface area contributed by atoms with Gasteiger partial charge in [0, 0.05) is 17.0 Å². The fourth-order valence-corrected chi connectivity index (χ4v) is 2.70. The number of nitrogens with zero attached hydrogens (tertiary/aromatic N) is 1. The van der Waals surface area contributed by atoms with Gasteiger partial charge < -0.3 is 0 Å². The molecule has 1 aliphatic rings. The zero-order chi connectivity index (χ0) is 13.7. The van der Waals surface area contributed by atoms with Gasteiger partial charge in [0.15, 0.2) is 5.78 Å². The summed E-state index contributed by atoms with van der Waals surface area (Å²) < 4.78 is 0. The molecule has 0 unspecified atom stereocenters. The molecule has 0 spiro atoms. The minimum absolute atomic E-state index is 0.252. The number of Topliss-reactive ketones (excluding diaryl/α,β-unsaturated/α-hetero) is 1. The number of hydrogen-bond acceptors (Lipinski definition) is 3. The number of hydrogen-bond donors (Lipinski definition) is 0. The van der Waals surface area contributed by atoms with Crippen LogP contribution in [0.3, 0.4) is 0 Å². The molecule has 0 aromatic heterocycles. The Hall–Kier alpha value is -0.800. The van der Waals surface area contributed by atoms with E-state index >= 15 is 0 Å². The third-order valence-corrected chi connectivity index (χ3v) is 4.28. The van der Waals surface area contributed by atoms with Crippen molar-refractivity contribution in [2.75, 3.05) is 25.9 Å². The van der Waals surface area contributed by atoms with Crippen LogP contribution >= 0.6 is 11.8 Å². The molecule has 0 bridgehead atoms. The first kappa shape index (κ1) is 14.6. The van der Waals surface area contributed by atoms with Gasteiger partial charge in [0.05, 0.1) is 6.54 Å². The highest BCUT2D eigenvalue weighted by Gasteiger charge is 2.25. The molecule has 104 valence electrons. The van der Waals surface area contributed by atoms with Crippen LogP contribution in [0.25, 0.3) is 0 Å². The minimum Gasteiger partial charge on any atom is -0.296 e. The van der Waals surface area contributed by atoms with Crippen LogP contribution in [0.4, 0.5) is 0 Å². The van der Waals surface area contributed by atoms with Crippen LogP contribution in [0.2, 0.25) is 0 Å². The Balaban J connectivity index is 1.92. The van der Waals surface area contributed by atoms with Gasteiger partial charge in [-0.1, -0.05) is 19.1 Å². The molecule has 0 saturated heterocycles. The highest BCUT2D eigenvalue weighted by atomic mass is 32.2. The van der Waals surface area contributed by atoms with Crippen molar-refractivity contribution in [1.82, 2.24) is 4.90 Å². The predicted molar refractivity (Wildman–Crippen MR) is 82.0 cm³/mol. The lowest BCUT2D eigenvalue weighted by atomic mass is 10.1. The Morgan fingerprint density at radius 2 is 2.00 bits per heavy atom. The van der Waals surface area contributed by atoms with Crippen molar-refractivity contribution in [3.63, 3.8) is 0 Å². The molecule has 1 aliphatic carbocycles. The Bertz CT molecular complexity index is 411. The van der Waals surface area contributed by atoms with Gasteiger partial charge in [0.1, 0.15) is 0 Å². The normalized spacial score (nSPS) is 14.9. The largest absolute Gasteiger partial charge is 0.296 e. The number of benzene rings is 1. The summed E-state index contributed by atoms with van der Waals surface area (Å²) in [5.74, 6) is 1.10. The van der Waals surface area contributed by atoms with Crippen LogP contribution < -0.4 is 0 Å². The summed E-state index contributed by atoms with van der Waals surface area (Å²) in [4.78, 5) is 15.8. The molecule has 1 saturated carbocycles. The number of carbonyl (C=O) groups excluding carboxylic acids is 1. The maximum atomic E-state index is 12.3. The Kier molecular flexibility index (Phi) is 5.46. The lowest BCUT2D eigenvalue weighted by molar-refractivity contribution is 0.0927. The highest BCUT2D eigenvalue weighted by Crippen LogP contribution is 2.29. The summed E-state index contributed by atoms with van der Waals surface area (Å²) in [5.41, 5.74) is 0.842. The molecule has 0 N–H and O–H groups in total. The molecule has 0 amide bonds. The maximum absolute atomic E-state index is 12.3. The molecule has 0 radical (unpaired) electrons. The van der Waals surface area contributed by atoms with Crippen molar-refractivity contribution in [1.29, 1.82) is 0 Å². The van der Waals surface area contributed by atoms with Crippen molar-refractivity contribution in [3.05, 3.63) is 29.8 Å². The smallest absolute Gasteiger partial charge is 0.176 e. The van der Waals surface area contributed by atoms with E-state index in [0.29, 0.717) is 6.54 Å². The van der Waals surface area contributed by atoms with E-state index in [0.717, 1.165) is 31.0 Å². The SMILES string of the molecule is CCCN(CC(=O)c1ccc(SC)cc1)CC1CC1. The third-order valence-electron chi connectivity index (χ3n) is 3.53. The second-order valence-corrected chi connectivity index (χ2v) is 6.21.